The van der Waals surface area contributed by atoms with Crippen LogP contribution in [-0.4, -0.2) is 81.9 Å². The molecule has 3 rings (SSSR count). The molecule has 0 fully saturated rings. The number of esters is 1. The van der Waals surface area contributed by atoms with Crippen LogP contribution in [-0.2, 0) is 27.2 Å². The van der Waals surface area contributed by atoms with Crippen molar-refractivity contribution in [1.82, 2.24) is 9.80 Å². The summed E-state index contributed by atoms with van der Waals surface area (Å²) in [6.45, 7) is 3.24. The normalized spacial score (nSPS) is 10.5. The van der Waals surface area contributed by atoms with Gasteiger partial charge in [-0.15, -0.1) is 11.3 Å². The zero-order valence-electron chi connectivity index (χ0n) is 23.9. The van der Waals surface area contributed by atoms with Crippen LogP contribution in [0.2, 0.25) is 0 Å². The number of ether oxygens (including phenoxy) is 4. The molecule has 0 saturated carbocycles. The smallest absolute Gasteiger partial charge is 0.338 e. The van der Waals surface area contributed by atoms with E-state index in [9.17, 15) is 14.4 Å². The van der Waals surface area contributed by atoms with Gasteiger partial charge in [-0.25, -0.2) is 9.59 Å². The monoisotopic (exact) mass is 583 g/mol. The maximum atomic E-state index is 13.6. The molecule has 1 aromatic heterocycles. The van der Waals surface area contributed by atoms with Crippen molar-refractivity contribution in [2.24, 2.45) is 0 Å². The van der Waals surface area contributed by atoms with Gasteiger partial charge in [-0.3, -0.25) is 4.79 Å². The van der Waals surface area contributed by atoms with Gasteiger partial charge in [0.15, 0.2) is 11.5 Å². The Labute approximate surface area is 244 Å². The molecule has 0 unspecified atom stereocenters. The number of urea groups is 1. The van der Waals surface area contributed by atoms with Crippen molar-refractivity contribution in [3.8, 4) is 11.5 Å². The number of carbonyl (C=O) groups excluding carboxylic acids is 3. The van der Waals surface area contributed by atoms with E-state index < -0.39 is 12.0 Å². The molecular formula is C30H37N3O7S. The number of nitrogens with zero attached hydrogens (tertiary/aromatic N) is 2. The highest BCUT2D eigenvalue weighted by Crippen LogP contribution is 2.28. The predicted octanol–water partition coefficient (Wildman–Crippen LogP) is 4.69. The Bertz CT molecular complexity index is 1270. The van der Waals surface area contributed by atoms with E-state index in [1.165, 1.54) is 12.0 Å². The molecule has 41 heavy (non-hydrogen) atoms. The van der Waals surface area contributed by atoms with Crippen LogP contribution >= 0.6 is 11.3 Å². The van der Waals surface area contributed by atoms with Gasteiger partial charge >= 0.3 is 12.0 Å². The fraction of sp³-hybridized carbons (Fsp3) is 0.367. The zero-order valence-corrected chi connectivity index (χ0v) is 24.7. The van der Waals surface area contributed by atoms with Crippen LogP contribution in [0.3, 0.4) is 0 Å². The highest BCUT2D eigenvalue weighted by molar-refractivity contribution is 7.09. The van der Waals surface area contributed by atoms with Crippen LogP contribution in [0.25, 0.3) is 0 Å². The van der Waals surface area contributed by atoms with Crippen molar-refractivity contribution in [2.45, 2.75) is 19.9 Å². The van der Waals surface area contributed by atoms with Gasteiger partial charge in [0.2, 0.25) is 5.91 Å². The molecule has 11 heteroatoms. The number of benzene rings is 2. The van der Waals surface area contributed by atoms with Gasteiger partial charge in [0.1, 0.15) is 6.54 Å². The fourth-order valence-corrected chi connectivity index (χ4v) is 4.73. The second-order valence-electron chi connectivity index (χ2n) is 8.98. The van der Waals surface area contributed by atoms with Crippen molar-refractivity contribution in [3.05, 3.63) is 76.0 Å². The molecule has 1 N–H and O–H groups in total. The van der Waals surface area contributed by atoms with E-state index in [1.54, 1.807) is 61.6 Å². The summed E-state index contributed by atoms with van der Waals surface area (Å²) in [6.07, 6.45) is 0.592. The number of hydrogen-bond donors (Lipinski definition) is 1. The minimum atomic E-state index is -0.449. The maximum Gasteiger partial charge on any atom is 0.338 e. The summed E-state index contributed by atoms with van der Waals surface area (Å²) in [6, 6.07) is 15.6. The van der Waals surface area contributed by atoms with Gasteiger partial charge in [0.25, 0.3) is 0 Å². The third-order valence-electron chi connectivity index (χ3n) is 6.22. The lowest BCUT2D eigenvalue weighted by Gasteiger charge is -2.28. The second kappa shape index (κ2) is 16.2. The molecule has 10 nitrogen and oxygen atoms in total. The third-order valence-corrected chi connectivity index (χ3v) is 7.08. The lowest BCUT2D eigenvalue weighted by atomic mass is 10.1. The van der Waals surface area contributed by atoms with E-state index in [1.807, 2.05) is 35.7 Å². The second-order valence-corrected chi connectivity index (χ2v) is 10.0. The molecule has 3 amide bonds. The quantitative estimate of drug-likeness (QED) is 0.259. The van der Waals surface area contributed by atoms with Crippen LogP contribution in [0, 0.1) is 0 Å². The van der Waals surface area contributed by atoms with Gasteiger partial charge in [-0.05, 0) is 66.8 Å². The first-order chi connectivity index (χ1) is 19.9. The topological polar surface area (TPSA) is 107 Å². The van der Waals surface area contributed by atoms with E-state index in [2.05, 4.69) is 5.32 Å². The first kappa shape index (κ1) is 31.4. The number of methoxy groups -OCH3 is 3. The lowest BCUT2D eigenvalue weighted by molar-refractivity contribution is -0.132. The Kier molecular flexibility index (Phi) is 12.5. The van der Waals surface area contributed by atoms with Crippen molar-refractivity contribution >= 4 is 34.9 Å². The van der Waals surface area contributed by atoms with Gasteiger partial charge in [-0.2, -0.15) is 0 Å². The maximum absolute atomic E-state index is 13.6. The van der Waals surface area contributed by atoms with E-state index >= 15 is 0 Å². The molecule has 0 aliphatic rings. The minimum absolute atomic E-state index is 0.132. The summed E-state index contributed by atoms with van der Waals surface area (Å²) in [7, 11) is 4.71. The van der Waals surface area contributed by atoms with E-state index in [0.717, 1.165) is 10.4 Å². The van der Waals surface area contributed by atoms with Crippen molar-refractivity contribution in [1.29, 1.82) is 0 Å². The summed E-state index contributed by atoms with van der Waals surface area (Å²) in [5.74, 6) is 0.635. The number of thiophene rings is 1. The molecule has 2 aromatic carbocycles. The molecule has 0 bridgehead atoms. The summed E-state index contributed by atoms with van der Waals surface area (Å²) in [5, 5.41) is 4.78. The minimum Gasteiger partial charge on any atom is -0.493 e. The van der Waals surface area contributed by atoms with Crippen LogP contribution in [0.1, 0.15) is 27.7 Å². The third kappa shape index (κ3) is 9.51. The number of carbonyl (C=O) groups is 3. The Morgan fingerprint density at radius 1 is 0.902 bits per heavy atom. The molecule has 0 aliphatic carbocycles. The SMILES string of the molecule is CCOC(=O)c1ccc(NC(=O)N(CCOC)CC(=O)N(CCc2ccc(OC)c(OC)c2)Cc2cccs2)cc1. The summed E-state index contributed by atoms with van der Waals surface area (Å²) >= 11 is 1.57. The first-order valence-corrected chi connectivity index (χ1v) is 14.1. The number of amides is 3. The molecule has 1 heterocycles. The fourth-order valence-electron chi connectivity index (χ4n) is 4.01. The average Bonchev–Trinajstić information content (AvgIpc) is 3.50. The molecular weight excluding hydrogens is 546 g/mol. The lowest BCUT2D eigenvalue weighted by Crippen LogP contribution is -2.46. The van der Waals surface area contributed by atoms with Crippen LogP contribution in [0.5, 0.6) is 11.5 Å². The summed E-state index contributed by atoms with van der Waals surface area (Å²) in [4.78, 5) is 42.9. The number of rotatable bonds is 15. The molecule has 220 valence electrons. The highest BCUT2D eigenvalue weighted by atomic mass is 32.1. The van der Waals surface area contributed by atoms with E-state index in [-0.39, 0.29) is 32.2 Å². The molecule has 3 aromatic rings. The molecule has 0 aliphatic heterocycles. The van der Waals surface area contributed by atoms with Crippen molar-refractivity contribution in [2.75, 3.05) is 59.5 Å². The van der Waals surface area contributed by atoms with Gasteiger partial charge in [-0.1, -0.05) is 12.1 Å². The largest absolute Gasteiger partial charge is 0.493 e. The zero-order chi connectivity index (χ0) is 29.6. The van der Waals surface area contributed by atoms with Crippen molar-refractivity contribution in [3.63, 3.8) is 0 Å². The Morgan fingerprint density at radius 3 is 2.29 bits per heavy atom. The highest BCUT2D eigenvalue weighted by Gasteiger charge is 2.22. The molecule has 0 saturated heterocycles. The van der Waals surface area contributed by atoms with Gasteiger partial charge in [0, 0.05) is 30.8 Å². The van der Waals surface area contributed by atoms with E-state index in [0.29, 0.717) is 42.3 Å². The van der Waals surface area contributed by atoms with Gasteiger partial charge < -0.3 is 34.1 Å². The number of anilines is 1. The van der Waals surface area contributed by atoms with Crippen LogP contribution in [0.4, 0.5) is 10.5 Å². The summed E-state index contributed by atoms with van der Waals surface area (Å²) < 4.78 is 20.9. The number of nitrogens with one attached hydrogen (secondary N) is 1. The average molecular weight is 584 g/mol. The predicted molar refractivity (Wildman–Crippen MR) is 158 cm³/mol. The van der Waals surface area contributed by atoms with Crippen LogP contribution < -0.4 is 14.8 Å². The summed E-state index contributed by atoms with van der Waals surface area (Å²) in [5.41, 5.74) is 1.86. The Morgan fingerprint density at radius 2 is 1.66 bits per heavy atom. The standard InChI is InChI=1S/C30H37N3O7S/c1-5-40-29(35)23-9-11-24(12-10-23)31-30(36)33(16-17-37-2)21-28(34)32(20-25-7-6-18-41-25)15-14-22-8-13-26(38-3)27(19-22)39-4/h6-13,18-19H,5,14-17,20-21H2,1-4H3,(H,31,36). The Hall–Kier alpha value is -4.09. The molecule has 0 atom stereocenters. The molecule has 0 spiro atoms. The molecule has 0 radical (unpaired) electrons. The van der Waals surface area contributed by atoms with Crippen LogP contribution in [0.15, 0.2) is 60.0 Å². The van der Waals surface area contributed by atoms with E-state index in [4.69, 9.17) is 18.9 Å². The Balaban J connectivity index is 1.71. The van der Waals surface area contributed by atoms with Gasteiger partial charge in [0.05, 0.1) is 39.5 Å². The number of hydrogen-bond acceptors (Lipinski definition) is 8. The van der Waals surface area contributed by atoms with Crippen molar-refractivity contribution < 1.29 is 33.3 Å². The first-order valence-electron chi connectivity index (χ1n) is 13.2.